The molecule has 0 aliphatic carbocycles. The highest BCUT2D eigenvalue weighted by Gasteiger charge is 2.25. The molecule has 0 fully saturated rings. The molecule has 27 heavy (non-hydrogen) atoms. The minimum absolute atomic E-state index is 0.00860. The normalized spacial score (nSPS) is 13.7. The summed E-state index contributed by atoms with van der Waals surface area (Å²) in [5.74, 6) is -0.00860. The van der Waals surface area contributed by atoms with Crippen LogP contribution in [0, 0.1) is 0 Å². The van der Waals surface area contributed by atoms with E-state index in [9.17, 15) is 4.79 Å². The summed E-state index contributed by atoms with van der Waals surface area (Å²) >= 11 is 1.59. The van der Waals surface area contributed by atoms with Gasteiger partial charge in [0.05, 0.1) is 22.6 Å². The Kier molecular flexibility index (Phi) is 6.55. The Balaban J connectivity index is 1.65. The van der Waals surface area contributed by atoms with Crippen molar-refractivity contribution in [2.45, 2.75) is 59.0 Å². The molecular weight excluding hydrogens is 354 g/mol. The smallest absolute Gasteiger partial charge is 0.258 e. The average Bonchev–Trinajstić information content (AvgIpc) is 3.07. The molecule has 5 heteroatoms. The van der Waals surface area contributed by atoms with Crippen molar-refractivity contribution >= 4 is 34.3 Å². The molecule has 0 bridgehead atoms. The summed E-state index contributed by atoms with van der Waals surface area (Å²) in [4.78, 5) is 17.4. The zero-order valence-corrected chi connectivity index (χ0v) is 17.7. The number of carbonyl (C=O) groups is 1. The second-order valence-corrected chi connectivity index (χ2v) is 8.52. The van der Waals surface area contributed by atoms with Crippen molar-refractivity contribution in [2.24, 2.45) is 0 Å². The van der Waals surface area contributed by atoms with E-state index in [4.69, 9.17) is 0 Å². The Morgan fingerprint density at radius 1 is 1.00 bits per heavy atom. The first kappa shape index (κ1) is 19.9. The van der Waals surface area contributed by atoms with Gasteiger partial charge >= 0.3 is 0 Å². The van der Waals surface area contributed by atoms with Gasteiger partial charge in [-0.25, -0.2) is 0 Å². The fourth-order valence-electron chi connectivity index (χ4n) is 3.90. The summed E-state index contributed by atoms with van der Waals surface area (Å²) in [5.41, 5.74) is 3.80. The highest BCUT2D eigenvalue weighted by Crippen LogP contribution is 2.39. The van der Waals surface area contributed by atoms with E-state index in [0.29, 0.717) is 12.1 Å². The molecule has 3 rings (SSSR count). The summed E-state index contributed by atoms with van der Waals surface area (Å²) in [6.45, 7) is 11.2. The number of nitrogens with zero attached hydrogens (tertiary/aromatic N) is 2. The van der Waals surface area contributed by atoms with Crippen LogP contribution in [0.2, 0.25) is 0 Å². The summed E-state index contributed by atoms with van der Waals surface area (Å²) in [6, 6.07) is 9.28. The fourth-order valence-corrected chi connectivity index (χ4v) is 4.71. The lowest BCUT2D eigenvalue weighted by Gasteiger charge is -2.30. The first-order valence-corrected chi connectivity index (χ1v) is 10.9. The number of rotatable bonds is 8. The van der Waals surface area contributed by atoms with Gasteiger partial charge in [-0.3, -0.25) is 9.69 Å². The van der Waals surface area contributed by atoms with Crippen LogP contribution in [-0.2, 0) is 0 Å². The number of fused-ring (bicyclic) bond motifs is 2. The Labute approximate surface area is 167 Å². The van der Waals surface area contributed by atoms with Gasteiger partial charge < -0.3 is 10.2 Å². The maximum Gasteiger partial charge on any atom is 0.258 e. The Morgan fingerprint density at radius 3 is 2.48 bits per heavy atom. The zero-order valence-electron chi connectivity index (χ0n) is 16.9. The maximum atomic E-state index is 12.5. The van der Waals surface area contributed by atoms with E-state index < -0.39 is 0 Å². The van der Waals surface area contributed by atoms with E-state index in [2.05, 4.69) is 54.3 Å². The van der Waals surface area contributed by atoms with E-state index in [-0.39, 0.29) is 5.91 Å². The van der Waals surface area contributed by atoms with Gasteiger partial charge in [-0.15, -0.1) is 11.3 Å². The lowest BCUT2D eigenvalue weighted by atomic mass is 10.1. The number of thiophene rings is 1. The van der Waals surface area contributed by atoms with Gasteiger partial charge in [0.15, 0.2) is 0 Å². The molecule has 0 saturated carbocycles. The predicted molar refractivity (Wildman–Crippen MR) is 117 cm³/mol. The van der Waals surface area contributed by atoms with Crippen molar-refractivity contribution < 1.29 is 4.79 Å². The molecule has 1 aromatic heterocycles. The number of hydrogen-bond acceptors (Lipinski definition) is 4. The number of para-hydroxylation sites is 2. The highest BCUT2D eigenvalue weighted by atomic mass is 32.1. The van der Waals surface area contributed by atoms with Crippen LogP contribution < -0.4 is 10.2 Å². The molecule has 0 saturated heterocycles. The van der Waals surface area contributed by atoms with Crippen molar-refractivity contribution in [2.75, 3.05) is 23.3 Å². The van der Waals surface area contributed by atoms with E-state index in [0.717, 1.165) is 42.1 Å². The standard InChI is InChI=1S/C22H31N3OS/c1-16(2)24(17(3)4)12-8-5-9-13-25-20-11-7-6-10-19(20)23-22(26)18-14-27-15-21(18)25/h6-7,10-11,14-17H,5,8-9,12-13H2,1-4H3,(H,23,26). The molecule has 1 aromatic carbocycles. The van der Waals surface area contributed by atoms with Crippen LogP contribution in [0.5, 0.6) is 0 Å². The number of unbranched alkanes of at least 4 members (excludes halogenated alkanes) is 2. The van der Waals surface area contributed by atoms with Crippen LogP contribution in [0.1, 0.15) is 57.3 Å². The molecule has 2 heterocycles. The van der Waals surface area contributed by atoms with Crippen LogP contribution in [-0.4, -0.2) is 36.0 Å². The van der Waals surface area contributed by atoms with Gasteiger partial charge in [-0.05, 0) is 59.2 Å². The van der Waals surface area contributed by atoms with Gasteiger partial charge in [0.2, 0.25) is 0 Å². The minimum Gasteiger partial charge on any atom is -0.338 e. The minimum atomic E-state index is -0.00860. The maximum absolute atomic E-state index is 12.5. The molecular formula is C22H31N3OS. The molecule has 1 amide bonds. The number of anilines is 3. The third-order valence-corrected chi connectivity index (χ3v) is 5.98. The van der Waals surface area contributed by atoms with Crippen molar-refractivity contribution in [1.82, 2.24) is 4.90 Å². The summed E-state index contributed by atoms with van der Waals surface area (Å²) < 4.78 is 0. The van der Waals surface area contributed by atoms with E-state index in [1.54, 1.807) is 11.3 Å². The molecule has 4 nitrogen and oxygen atoms in total. The molecule has 0 atom stereocenters. The quantitative estimate of drug-likeness (QED) is 0.589. The van der Waals surface area contributed by atoms with Crippen molar-refractivity contribution in [3.63, 3.8) is 0 Å². The summed E-state index contributed by atoms with van der Waals surface area (Å²) in [7, 11) is 0. The molecule has 0 unspecified atom stereocenters. The molecule has 1 aliphatic rings. The molecule has 0 radical (unpaired) electrons. The van der Waals surface area contributed by atoms with E-state index in [1.165, 1.54) is 12.8 Å². The lowest BCUT2D eigenvalue weighted by molar-refractivity contribution is 0.102. The molecule has 1 aliphatic heterocycles. The number of benzene rings is 1. The molecule has 1 N–H and O–H groups in total. The SMILES string of the molecule is CC(C)N(CCCCCN1c2ccccc2NC(=O)c2cscc21)C(C)C. The van der Waals surface area contributed by atoms with Gasteiger partial charge in [-0.1, -0.05) is 18.6 Å². The van der Waals surface area contributed by atoms with Gasteiger partial charge in [0, 0.05) is 29.4 Å². The average molecular weight is 386 g/mol. The number of nitrogens with one attached hydrogen (secondary N) is 1. The van der Waals surface area contributed by atoms with E-state index in [1.807, 2.05) is 23.6 Å². The van der Waals surface area contributed by atoms with Gasteiger partial charge in [0.25, 0.3) is 5.91 Å². The third-order valence-electron chi connectivity index (χ3n) is 5.24. The number of carbonyl (C=O) groups excluding carboxylic acids is 1. The molecule has 2 aromatic rings. The van der Waals surface area contributed by atoms with Crippen molar-refractivity contribution in [1.29, 1.82) is 0 Å². The Hall–Kier alpha value is -1.85. The Morgan fingerprint density at radius 2 is 1.74 bits per heavy atom. The summed E-state index contributed by atoms with van der Waals surface area (Å²) in [5, 5.41) is 7.10. The first-order chi connectivity index (χ1) is 13.0. The van der Waals surface area contributed by atoms with E-state index >= 15 is 0 Å². The van der Waals surface area contributed by atoms with Crippen LogP contribution in [0.3, 0.4) is 0 Å². The second-order valence-electron chi connectivity index (χ2n) is 7.78. The van der Waals surface area contributed by atoms with Crippen LogP contribution in [0.4, 0.5) is 17.1 Å². The van der Waals surface area contributed by atoms with Crippen molar-refractivity contribution in [3.8, 4) is 0 Å². The van der Waals surface area contributed by atoms with Gasteiger partial charge in [-0.2, -0.15) is 0 Å². The second kappa shape index (κ2) is 8.89. The monoisotopic (exact) mass is 385 g/mol. The fraction of sp³-hybridized carbons (Fsp3) is 0.500. The zero-order chi connectivity index (χ0) is 19.4. The highest BCUT2D eigenvalue weighted by molar-refractivity contribution is 7.08. The number of hydrogen-bond donors (Lipinski definition) is 1. The topological polar surface area (TPSA) is 35.6 Å². The van der Waals surface area contributed by atoms with Crippen LogP contribution in [0.15, 0.2) is 35.0 Å². The summed E-state index contributed by atoms with van der Waals surface area (Å²) in [6.07, 6.45) is 3.51. The van der Waals surface area contributed by atoms with Crippen LogP contribution >= 0.6 is 11.3 Å². The molecule has 0 spiro atoms. The largest absolute Gasteiger partial charge is 0.338 e. The molecule has 146 valence electrons. The Bertz CT molecular complexity index is 760. The van der Waals surface area contributed by atoms with Crippen molar-refractivity contribution in [3.05, 3.63) is 40.6 Å². The number of amides is 1. The third kappa shape index (κ3) is 4.53. The lowest BCUT2D eigenvalue weighted by Crippen LogP contribution is -2.37. The predicted octanol–water partition coefficient (Wildman–Crippen LogP) is 5.74. The first-order valence-electron chi connectivity index (χ1n) is 9.99. The van der Waals surface area contributed by atoms with Gasteiger partial charge in [0.1, 0.15) is 0 Å². The van der Waals surface area contributed by atoms with Crippen LogP contribution in [0.25, 0.3) is 0 Å².